The molecule has 0 amide bonds. The van der Waals surface area contributed by atoms with Gasteiger partial charge in [0.05, 0.1) is 13.7 Å². The number of hydrogen-bond acceptors (Lipinski definition) is 2. The molecule has 1 rings (SSSR count). The van der Waals surface area contributed by atoms with Crippen molar-refractivity contribution < 1.29 is 13.9 Å². The second kappa shape index (κ2) is 3.95. The van der Waals surface area contributed by atoms with E-state index in [9.17, 15) is 4.39 Å². The van der Waals surface area contributed by atoms with E-state index in [2.05, 4.69) is 6.07 Å². The molecule has 0 aromatic heterocycles. The van der Waals surface area contributed by atoms with E-state index in [0.717, 1.165) is 0 Å². The summed E-state index contributed by atoms with van der Waals surface area (Å²) < 4.78 is 22.9. The first-order valence-corrected chi connectivity index (χ1v) is 3.66. The summed E-state index contributed by atoms with van der Waals surface area (Å²) in [6.07, 6.45) is 0. The maximum Gasteiger partial charge on any atom is 0.197 e. The predicted molar refractivity (Wildman–Crippen MR) is 43.0 cm³/mol. The third-order valence-corrected chi connectivity index (χ3v) is 1.37. The number of ether oxygens (including phenoxy) is 2. The molecule has 0 saturated carbocycles. The van der Waals surface area contributed by atoms with E-state index in [1.807, 2.05) is 0 Å². The van der Waals surface area contributed by atoms with Crippen LogP contribution in [0.1, 0.15) is 6.92 Å². The minimum Gasteiger partial charge on any atom is -0.493 e. The Morgan fingerprint density at radius 2 is 2.25 bits per heavy atom. The molecule has 0 heterocycles. The fourth-order valence-electron chi connectivity index (χ4n) is 0.875. The van der Waals surface area contributed by atoms with Crippen LogP contribution in [0.2, 0.25) is 0 Å². The molecule has 0 N–H and O–H groups in total. The minimum atomic E-state index is -0.448. The van der Waals surface area contributed by atoms with Crippen molar-refractivity contribution in [3.05, 3.63) is 24.0 Å². The first-order chi connectivity index (χ1) is 5.79. The Hall–Kier alpha value is -1.25. The lowest BCUT2D eigenvalue weighted by molar-refractivity contribution is 0.294. The van der Waals surface area contributed by atoms with Crippen LogP contribution in [-0.4, -0.2) is 13.7 Å². The highest BCUT2D eigenvalue weighted by atomic mass is 19.1. The summed E-state index contributed by atoms with van der Waals surface area (Å²) in [4.78, 5) is 0. The Kier molecular flexibility index (Phi) is 2.91. The van der Waals surface area contributed by atoms with E-state index < -0.39 is 5.82 Å². The highest BCUT2D eigenvalue weighted by Gasteiger charge is 2.08. The molecule has 2 nitrogen and oxygen atoms in total. The molecule has 65 valence electrons. The zero-order chi connectivity index (χ0) is 8.97. The Morgan fingerprint density at radius 3 is 2.83 bits per heavy atom. The van der Waals surface area contributed by atoms with Gasteiger partial charge in [-0.1, -0.05) is 0 Å². The van der Waals surface area contributed by atoms with Crippen LogP contribution in [0, 0.1) is 11.9 Å². The fourth-order valence-corrected chi connectivity index (χ4v) is 0.875. The van der Waals surface area contributed by atoms with Gasteiger partial charge in [-0.3, -0.25) is 0 Å². The smallest absolute Gasteiger partial charge is 0.197 e. The van der Waals surface area contributed by atoms with Crippen molar-refractivity contribution in [2.45, 2.75) is 6.92 Å². The Labute approximate surface area is 70.9 Å². The number of benzene rings is 1. The monoisotopic (exact) mass is 169 g/mol. The van der Waals surface area contributed by atoms with E-state index in [1.54, 1.807) is 6.92 Å². The number of rotatable bonds is 3. The van der Waals surface area contributed by atoms with Gasteiger partial charge in [-0.2, -0.15) is 0 Å². The summed E-state index contributed by atoms with van der Waals surface area (Å²) in [6.45, 7) is 2.20. The molecule has 1 aromatic rings. The first-order valence-electron chi connectivity index (χ1n) is 3.66. The van der Waals surface area contributed by atoms with Gasteiger partial charge in [0.1, 0.15) is 0 Å². The van der Waals surface area contributed by atoms with Crippen molar-refractivity contribution in [1.82, 2.24) is 0 Å². The summed E-state index contributed by atoms with van der Waals surface area (Å²) in [5, 5.41) is 0. The zero-order valence-corrected chi connectivity index (χ0v) is 7.06. The van der Waals surface area contributed by atoms with Crippen molar-refractivity contribution in [3.63, 3.8) is 0 Å². The van der Waals surface area contributed by atoms with Gasteiger partial charge in [-0.05, 0) is 25.1 Å². The molecule has 0 saturated heterocycles. The second-order valence-electron chi connectivity index (χ2n) is 2.13. The van der Waals surface area contributed by atoms with E-state index in [1.165, 1.54) is 19.2 Å². The molecule has 0 bridgehead atoms. The second-order valence-corrected chi connectivity index (χ2v) is 2.13. The summed E-state index contributed by atoms with van der Waals surface area (Å²) in [7, 11) is 1.46. The van der Waals surface area contributed by atoms with Gasteiger partial charge in [0, 0.05) is 0 Å². The van der Waals surface area contributed by atoms with Crippen LogP contribution in [0.5, 0.6) is 11.5 Å². The molecule has 12 heavy (non-hydrogen) atoms. The van der Waals surface area contributed by atoms with Crippen molar-refractivity contribution in [2.24, 2.45) is 0 Å². The van der Waals surface area contributed by atoms with Gasteiger partial charge < -0.3 is 9.47 Å². The SMILES string of the molecule is CCOc1c(F)c[c]cc1OC. The van der Waals surface area contributed by atoms with Crippen LogP contribution in [0.3, 0.4) is 0 Å². The third-order valence-electron chi connectivity index (χ3n) is 1.37. The fraction of sp³-hybridized carbons (Fsp3) is 0.333. The van der Waals surface area contributed by atoms with Gasteiger partial charge in [0.15, 0.2) is 17.3 Å². The van der Waals surface area contributed by atoms with Crippen LogP contribution in [-0.2, 0) is 0 Å². The van der Waals surface area contributed by atoms with E-state index >= 15 is 0 Å². The molecular formula is C9H10FO2. The average Bonchev–Trinajstić information content (AvgIpc) is 2.09. The molecule has 0 aliphatic carbocycles. The summed E-state index contributed by atoms with van der Waals surface area (Å²) >= 11 is 0. The topological polar surface area (TPSA) is 18.5 Å². The quantitative estimate of drug-likeness (QED) is 0.689. The summed E-state index contributed by atoms with van der Waals surface area (Å²) in [5.41, 5.74) is 0. The van der Waals surface area contributed by atoms with E-state index in [-0.39, 0.29) is 5.75 Å². The molecule has 1 aromatic carbocycles. The molecule has 3 heteroatoms. The van der Waals surface area contributed by atoms with E-state index in [4.69, 9.17) is 9.47 Å². The highest BCUT2D eigenvalue weighted by Crippen LogP contribution is 2.29. The number of hydrogen-bond donors (Lipinski definition) is 0. The van der Waals surface area contributed by atoms with E-state index in [0.29, 0.717) is 12.4 Å². The molecule has 0 aliphatic rings. The molecule has 0 spiro atoms. The lowest BCUT2D eigenvalue weighted by Crippen LogP contribution is -1.97. The molecule has 0 aliphatic heterocycles. The molecule has 1 radical (unpaired) electrons. The maximum absolute atomic E-state index is 13.0. The average molecular weight is 169 g/mol. The standard InChI is InChI=1S/C9H10FO2/c1-3-12-9-7(10)5-4-6-8(9)11-2/h5-6H,3H2,1-2H3. The van der Waals surface area contributed by atoms with Gasteiger partial charge in [-0.25, -0.2) is 4.39 Å². The van der Waals surface area contributed by atoms with Gasteiger partial charge in [-0.15, -0.1) is 0 Å². The van der Waals surface area contributed by atoms with Crippen LogP contribution in [0.15, 0.2) is 12.1 Å². The Bertz CT molecular complexity index is 261. The lowest BCUT2D eigenvalue weighted by Gasteiger charge is -2.08. The molecule has 0 fully saturated rings. The first kappa shape index (κ1) is 8.84. The normalized spacial score (nSPS) is 9.58. The van der Waals surface area contributed by atoms with Gasteiger partial charge in [0.25, 0.3) is 0 Å². The predicted octanol–water partition coefficient (Wildman–Crippen LogP) is 2.03. The van der Waals surface area contributed by atoms with Crippen molar-refractivity contribution in [2.75, 3.05) is 13.7 Å². The minimum absolute atomic E-state index is 0.152. The van der Waals surface area contributed by atoms with Crippen LogP contribution in [0.4, 0.5) is 4.39 Å². The van der Waals surface area contributed by atoms with Crippen LogP contribution in [0.25, 0.3) is 0 Å². The molecule has 0 atom stereocenters. The van der Waals surface area contributed by atoms with Crippen molar-refractivity contribution >= 4 is 0 Å². The van der Waals surface area contributed by atoms with Crippen molar-refractivity contribution in [3.8, 4) is 11.5 Å². The summed E-state index contributed by atoms with van der Waals surface area (Å²) in [6, 6.07) is 5.35. The third kappa shape index (κ3) is 1.67. The largest absolute Gasteiger partial charge is 0.493 e. The zero-order valence-electron chi connectivity index (χ0n) is 7.06. The maximum atomic E-state index is 13.0. The Balaban J connectivity index is 3.02. The van der Waals surface area contributed by atoms with Crippen LogP contribution >= 0.6 is 0 Å². The van der Waals surface area contributed by atoms with Crippen LogP contribution < -0.4 is 9.47 Å². The Morgan fingerprint density at radius 1 is 1.50 bits per heavy atom. The molecular weight excluding hydrogens is 159 g/mol. The highest BCUT2D eigenvalue weighted by molar-refractivity contribution is 5.40. The number of halogens is 1. The number of methoxy groups -OCH3 is 1. The van der Waals surface area contributed by atoms with Crippen molar-refractivity contribution in [1.29, 1.82) is 0 Å². The lowest BCUT2D eigenvalue weighted by atomic mass is 10.3. The summed E-state index contributed by atoms with van der Waals surface area (Å²) in [5.74, 6) is 0.0757. The molecule has 0 unspecified atom stereocenters. The van der Waals surface area contributed by atoms with Gasteiger partial charge >= 0.3 is 0 Å². The van der Waals surface area contributed by atoms with Gasteiger partial charge in [0.2, 0.25) is 0 Å².